The minimum atomic E-state index is -0.567. The van der Waals surface area contributed by atoms with Gasteiger partial charge >= 0.3 is 0 Å². The average molecular weight is 208 g/mol. The van der Waals surface area contributed by atoms with Gasteiger partial charge in [-0.05, 0) is 12.5 Å². The van der Waals surface area contributed by atoms with Gasteiger partial charge in [0.25, 0.3) is 0 Å². The maximum Gasteiger partial charge on any atom is 0.237 e. The highest BCUT2D eigenvalue weighted by atomic mass is 16.3. The van der Waals surface area contributed by atoms with Crippen LogP contribution in [0.25, 0.3) is 0 Å². The van der Waals surface area contributed by atoms with Crippen LogP contribution in [0.3, 0.4) is 0 Å². The molecule has 4 nitrogen and oxygen atoms in total. The van der Waals surface area contributed by atoms with Gasteiger partial charge in [0.2, 0.25) is 5.91 Å². The van der Waals surface area contributed by atoms with E-state index in [-0.39, 0.29) is 18.6 Å². The van der Waals surface area contributed by atoms with E-state index in [0.717, 1.165) is 5.56 Å². The van der Waals surface area contributed by atoms with Crippen molar-refractivity contribution in [3.63, 3.8) is 0 Å². The molecule has 82 valence electrons. The van der Waals surface area contributed by atoms with Crippen molar-refractivity contribution in [1.29, 1.82) is 0 Å². The van der Waals surface area contributed by atoms with Gasteiger partial charge in [0, 0.05) is 0 Å². The lowest BCUT2D eigenvalue weighted by molar-refractivity contribution is -0.123. The van der Waals surface area contributed by atoms with Gasteiger partial charge in [0.15, 0.2) is 0 Å². The normalized spacial score (nSPS) is 14.3. The molecule has 0 aliphatic rings. The summed E-state index contributed by atoms with van der Waals surface area (Å²) < 4.78 is 0. The maximum absolute atomic E-state index is 11.3. The highest BCUT2D eigenvalue weighted by Crippen LogP contribution is 2.11. The lowest BCUT2D eigenvalue weighted by Crippen LogP contribution is -2.41. The highest BCUT2D eigenvalue weighted by molar-refractivity contribution is 5.81. The van der Waals surface area contributed by atoms with Crippen molar-refractivity contribution in [1.82, 2.24) is 5.32 Å². The zero-order chi connectivity index (χ0) is 11.3. The first-order valence-electron chi connectivity index (χ1n) is 4.87. The van der Waals surface area contributed by atoms with E-state index in [2.05, 4.69) is 5.32 Å². The van der Waals surface area contributed by atoms with Crippen molar-refractivity contribution in [2.24, 2.45) is 5.73 Å². The monoisotopic (exact) mass is 208 g/mol. The summed E-state index contributed by atoms with van der Waals surface area (Å²) in [5.74, 6) is -0.266. The van der Waals surface area contributed by atoms with Crippen LogP contribution in [0.2, 0.25) is 0 Å². The van der Waals surface area contributed by atoms with E-state index in [1.54, 1.807) is 6.92 Å². The third-order valence-electron chi connectivity index (χ3n) is 2.11. The predicted octanol–water partition coefficient (Wildman–Crippen LogP) is 0.183. The van der Waals surface area contributed by atoms with Gasteiger partial charge in [-0.2, -0.15) is 0 Å². The molecule has 1 amide bonds. The van der Waals surface area contributed by atoms with Gasteiger partial charge in [-0.3, -0.25) is 4.79 Å². The van der Waals surface area contributed by atoms with Crippen LogP contribution in [-0.2, 0) is 4.79 Å². The third-order valence-corrected chi connectivity index (χ3v) is 2.11. The zero-order valence-corrected chi connectivity index (χ0v) is 8.68. The molecule has 0 aliphatic heterocycles. The number of rotatable bonds is 4. The van der Waals surface area contributed by atoms with Crippen molar-refractivity contribution in [3.8, 4) is 0 Å². The smallest absolute Gasteiger partial charge is 0.237 e. The second kappa shape index (κ2) is 5.48. The van der Waals surface area contributed by atoms with Crippen LogP contribution in [0.5, 0.6) is 0 Å². The quantitative estimate of drug-likeness (QED) is 0.661. The summed E-state index contributed by atoms with van der Waals surface area (Å²) in [7, 11) is 0. The molecule has 0 aliphatic carbocycles. The van der Waals surface area contributed by atoms with Crippen molar-refractivity contribution < 1.29 is 9.90 Å². The number of aliphatic hydroxyl groups excluding tert-OH is 1. The second-order valence-electron chi connectivity index (χ2n) is 3.44. The summed E-state index contributed by atoms with van der Waals surface area (Å²) in [4.78, 5) is 11.3. The molecule has 0 fully saturated rings. The van der Waals surface area contributed by atoms with Gasteiger partial charge in [-0.25, -0.2) is 0 Å². The standard InChI is InChI=1S/C11H16N2O2/c1-8(12)11(15)13-10(7-14)9-5-3-2-4-6-9/h2-6,8,10,14H,7,12H2,1H3,(H,13,15)/t8-,10-/m0/s1. The van der Waals surface area contributed by atoms with E-state index in [1.165, 1.54) is 0 Å². The minimum absolute atomic E-state index is 0.136. The number of hydrogen-bond acceptors (Lipinski definition) is 3. The number of hydrogen-bond donors (Lipinski definition) is 3. The Bertz CT molecular complexity index is 312. The van der Waals surface area contributed by atoms with Crippen molar-refractivity contribution in [2.45, 2.75) is 19.0 Å². The second-order valence-corrected chi connectivity index (χ2v) is 3.44. The Balaban J connectivity index is 2.69. The van der Waals surface area contributed by atoms with Gasteiger partial charge in [0.05, 0.1) is 18.7 Å². The summed E-state index contributed by atoms with van der Waals surface area (Å²) in [6, 6.07) is 8.34. The number of nitrogens with two attached hydrogens (primary N) is 1. The number of benzene rings is 1. The van der Waals surface area contributed by atoms with E-state index in [4.69, 9.17) is 10.8 Å². The Morgan fingerprint density at radius 3 is 2.53 bits per heavy atom. The fraction of sp³-hybridized carbons (Fsp3) is 0.364. The molecule has 0 saturated carbocycles. The molecule has 0 heterocycles. The molecule has 2 atom stereocenters. The van der Waals surface area contributed by atoms with Crippen molar-refractivity contribution >= 4 is 5.91 Å². The molecule has 0 radical (unpaired) electrons. The van der Waals surface area contributed by atoms with Gasteiger partial charge in [-0.1, -0.05) is 30.3 Å². The topological polar surface area (TPSA) is 75.4 Å². The Kier molecular flexibility index (Phi) is 4.27. The molecule has 0 saturated heterocycles. The molecule has 0 spiro atoms. The number of carbonyl (C=O) groups is 1. The molecule has 0 aromatic heterocycles. The van der Waals surface area contributed by atoms with Crippen LogP contribution in [0.1, 0.15) is 18.5 Å². The molecule has 1 aromatic rings. The van der Waals surface area contributed by atoms with E-state index in [9.17, 15) is 4.79 Å². The largest absolute Gasteiger partial charge is 0.394 e. The van der Waals surface area contributed by atoms with Gasteiger partial charge < -0.3 is 16.2 Å². The van der Waals surface area contributed by atoms with Crippen LogP contribution < -0.4 is 11.1 Å². The Hall–Kier alpha value is -1.39. The average Bonchev–Trinajstić information content (AvgIpc) is 2.26. The lowest BCUT2D eigenvalue weighted by atomic mass is 10.1. The van der Waals surface area contributed by atoms with Crippen LogP contribution in [0.15, 0.2) is 30.3 Å². The number of amides is 1. The third kappa shape index (κ3) is 3.34. The van der Waals surface area contributed by atoms with Crippen LogP contribution in [-0.4, -0.2) is 23.7 Å². The van der Waals surface area contributed by atoms with E-state index >= 15 is 0 Å². The van der Waals surface area contributed by atoms with E-state index in [0.29, 0.717) is 0 Å². The maximum atomic E-state index is 11.3. The molecule has 1 aromatic carbocycles. The number of aliphatic hydroxyl groups is 1. The molecule has 1 rings (SSSR count). The van der Waals surface area contributed by atoms with E-state index < -0.39 is 6.04 Å². The first-order valence-corrected chi connectivity index (χ1v) is 4.87. The molecule has 4 N–H and O–H groups in total. The number of carbonyl (C=O) groups excluding carboxylic acids is 1. The van der Waals surface area contributed by atoms with Crippen LogP contribution in [0.4, 0.5) is 0 Å². The lowest BCUT2D eigenvalue weighted by Gasteiger charge is -2.17. The van der Waals surface area contributed by atoms with Gasteiger partial charge in [-0.15, -0.1) is 0 Å². The molecular weight excluding hydrogens is 192 g/mol. The van der Waals surface area contributed by atoms with Gasteiger partial charge in [0.1, 0.15) is 0 Å². The SMILES string of the molecule is C[C@H](N)C(=O)N[C@@H](CO)c1ccccc1. The van der Waals surface area contributed by atoms with Crippen molar-refractivity contribution in [3.05, 3.63) is 35.9 Å². The summed E-state index contributed by atoms with van der Waals surface area (Å²) in [5, 5.41) is 11.8. The molecule has 0 unspecified atom stereocenters. The summed E-state index contributed by atoms with van der Waals surface area (Å²) >= 11 is 0. The Labute approximate surface area is 89.1 Å². The fourth-order valence-electron chi connectivity index (χ4n) is 1.22. The number of nitrogens with one attached hydrogen (secondary N) is 1. The molecule has 4 heteroatoms. The summed E-state index contributed by atoms with van der Waals surface area (Å²) in [6.45, 7) is 1.47. The van der Waals surface area contributed by atoms with Crippen LogP contribution in [0, 0.1) is 0 Å². The zero-order valence-electron chi connectivity index (χ0n) is 8.68. The highest BCUT2D eigenvalue weighted by Gasteiger charge is 2.15. The molecule has 0 bridgehead atoms. The van der Waals surface area contributed by atoms with Crippen LogP contribution >= 0.6 is 0 Å². The Morgan fingerprint density at radius 2 is 2.07 bits per heavy atom. The predicted molar refractivity (Wildman–Crippen MR) is 58.1 cm³/mol. The Morgan fingerprint density at radius 1 is 1.47 bits per heavy atom. The molecular formula is C11H16N2O2. The minimum Gasteiger partial charge on any atom is -0.394 e. The summed E-state index contributed by atoms with van der Waals surface area (Å²) in [5.41, 5.74) is 6.29. The fourth-order valence-corrected chi connectivity index (χ4v) is 1.22. The molecule has 15 heavy (non-hydrogen) atoms. The van der Waals surface area contributed by atoms with Crippen molar-refractivity contribution in [2.75, 3.05) is 6.61 Å². The first-order chi connectivity index (χ1) is 7.15. The van der Waals surface area contributed by atoms with E-state index in [1.807, 2.05) is 30.3 Å². The summed E-state index contributed by atoms with van der Waals surface area (Å²) in [6.07, 6.45) is 0. The first kappa shape index (κ1) is 11.7.